The standard InChI is InChI=1S/C29H33NO6/c1-4-35-27-18-22(13-15-25(27)36-19-20-9-6-5-7-10-20)28(30-16-8-11-23(30)29(31)32)21-12-14-24(33-2)26(17-21)34-3/h5-7,9-10,12-15,17-18,23,28H,4,8,11,16,19H2,1-3H3,(H,31,32). The zero-order valence-electron chi connectivity index (χ0n) is 21.0. The van der Waals surface area contributed by atoms with Crippen molar-refractivity contribution < 1.29 is 28.8 Å². The highest BCUT2D eigenvalue weighted by Gasteiger charge is 2.37. The minimum absolute atomic E-state index is 0.309. The summed E-state index contributed by atoms with van der Waals surface area (Å²) in [6, 6.07) is 20.7. The molecular weight excluding hydrogens is 458 g/mol. The molecule has 2 unspecified atom stereocenters. The number of benzene rings is 3. The van der Waals surface area contributed by atoms with Crippen LogP contribution in [0.4, 0.5) is 0 Å². The molecule has 3 aromatic carbocycles. The van der Waals surface area contributed by atoms with Crippen molar-refractivity contribution in [1.82, 2.24) is 4.90 Å². The van der Waals surface area contributed by atoms with Crippen LogP contribution in [0.1, 0.15) is 42.5 Å². The van der Waals surface area contributed by atoms with E-state index in [1.165, 1.54) is 0 Å². The van der Waals surface area contributed by atoms with Gasteiger partial charge in [-0.3, -0.25) is 9.69 Å². The molecule has 1 heterocycles. The molecule has 0 aliphatic carbocycles. The first-order chi connectivity index (χ1) is 17.5. The summed E-state index contributed by atoms with van der Waals surface area (Å²) >= 11 is 0. The molecule has 36 heavy (non-hydrogen) atoms. The molecule has 1 aliphatic heterocycles. The summed E-state index contributed by atoms with van der Waals surface area (Å²) in [6.07, 6.45) is 1.42. The van der Waals surface area contributed by atoms with E-state index in [9.17, 15) is 9.90 Å². The van der Waals surface area contributed by atoms with Crippen LogP contribution in [0.15, 0.2) is 66.7 Å². The van der Waals surface area contributed by atoms with Crippen LogP contribution in [0.25, 0.3) is 0 Å². The van der Waals surface area contributed by atoms with Gasteiger partial charge in [-0.25, -0.2) is 0 Å². The molecule has 3 aromatic rings. The monoisotopic (exact) mass is 491 g/mol. The van der Waals surface area contributed by atoms with E-state index in [-0.39, 0.29) is 6.04 Å². The number of rotatable bonds is 11. The molecule has 190 valence electrons. The number of carboxylic acids is 1. The average Bonchev–Trinajstić information content (AvgIpc) is 3.39. The number of carboxylic acid groups (broad SMARTS) is 1. The van der Waals surface area contributed by atoms with E-state index in [1.807, 2.05) is 78.6 Å². The van der Waals surface area contributed by atoms with Crippen LogP contribution < -0.4 is 18.9 Å². The van der Waals surface area contributed by atoms with E-state index in [1.54, 1.807) is 14.2 Å². The Morgan fingerprint density at radius 3 is 2.22 bits per heavy atom. The van der Waals surface area contributed by atoms with Gasteiger partial charge in [0.15, 0.2) is 23.0 Å². The second-order valence-corrected chi connectivity index (χ2v) is 8.66. The first-order valence-corrected chi connectivity index (χ1v) is 12.2. The maximum absolute atomic E-state index is 12.1. The van der Waals surface area contributed by atoms with Gasteiger partial charge in [-0.15, -0.1) is 0 Å². The predicted octanol–water partition coefficient (Wildman–Crippen LogP) is 5.32. The number of likely N-dealkylation sites (tertiary alicyclic amines) is 1. The Morgan fingerprint density at radius 2 is 1.58 bits per heavy atom. The maximum atomic E-state index is 12.1. The summed E-state index contributed by atoms with van der Waals surface area (Å²) in [7, 11) is 3.19. The fourth-order valence-corrected chi connectivity index (χ4v) is 4.78. The molecule has 7 heteroatoms. The van der Waals surface area contributed by atoms with Crippen molar-refractivity contribution in [1.29, 1.82) is 0 Å². The number of nitrogens with zero attached hydrogens (tertiary/aromatic N) is 1. The highest BCUT2D eigenvalue weighted by molar-refractivity contribution is 5.74. The molecule has 1 aliphatic rings. The van der Waals surface area contributed by atoms with Crippen LogP contribution in [0.3, 0.4) is 0 Å². The molecular formula is C29H33NO6. The van der Waals surface area contributed by atoms with Crippen molar-refractivity contribution in [3.05, 3.63) is 83.4 Å². The quantitative estimate of drug-likeness (QED) is 0.389. The Labute approximate surface area is 212 Å². The fraction of sp³-hybridized carbons (Fsp3) is 0.345. The highest BCUT2D eigenvalue weighted by atomic mass is 16.5. The van der Waals surface area contributed by atoms with E-state index in [2.05, 4.69) is 0 Å². The topological polar surface area (TPSA) is 77.5 Å². The van der Waals surface area contributed by atoms with Gasteiger partial charge in [0.25, 0.3) is 0 Å². The predicted molar refractivity (Wildman–Crippen MR) is 137 cm³/mol. The normalized spacial score (nSPS) is 16.4. The van der Waals surface area contributed by atoms with Crippen molar-refractivity contribution in [2.24, 2.45) is 0 Å². The van der Waals surface area contributed by atoms with Gasteiger partial charge in [0.1, 0.15) is 12.6 Å². The number of hydrogen-bond donors (Lipinski definition) is 1. The van der Waals surface area contributed by atoms with Gasteiger partial charge in [0.05, 0.1) is 26.9 Å². The van der Waals surface area contributed by atoms with E-state index in [4.69, 9.17) is 18.9 Å². The van der Waals surface area contributed by atoms with Crippen molar-refractivity contribution in [3.63, 3.8) is 0 Å². The third-order valence-electron chi connectivity index (χ3n) is 6.45. The zero-order chi connectivity index (χ0) is 25.5. The third kappa shape index (κ3) is 5.57. The minimum atomic E-state index is -0.814. The lowest BCUT2D eigenvalue weighted by atomic mass is 9.95. The largest absolute Gasteiger partial charge is 0.493 e. The number of carbonyl (C=O) groups is 1. The Balaban J connectivity index is 1.74. The van der Waals surface area contributed by atoms with Gasteiger partial charge in [-0.2, -0.15) is 0 Å². The second-order valence-electron chi connectivity index (χ2n) is 8.66. The molecule has 1 N–H and O–H groups in total. The molecule has 1 saturated heterocycles. The van der Waals surface area contributed by atoms with Crippen LogP contribution in [0.5, 0.6) is 23.0 Å². The highest BCUT2D eigenvalue weighted by Crippen LogP contribution is 2.41. The smallest absolute Gasteiger partial charge is 0.320 e. The molecule has 7 nitrogen and oxygen atoms in total. The van der Waals surface area contributed by atoms with Crippen LogP contribution in [0, 0.1) is 0 Å². The molecule has 0 spiro atoms. The Morgan fingerprint density at radius 1 is 0.917 bits per heavy atom. The molecule has 0 aromatic heterocycles. The lowest BCUT2D eigenvalue weighted by Crippen LogP contribution is -2.39. The van der Waals surface area contributed by atoms with Crippen LogP contribution in [-0.4, -0.2) is 49.4 Å². The van der Waals surface area contributed by atoms with Gasteiger partial charge in [0.2, 0.25) is 0 Å². The van der Waals surface area contributed by atoms with E-state index in [0.717, 1.165) is 23.1 Å². The van der Waals surface area contributed by atoms with Gasteiger partial charge in [-0.05, 0) is 60.7 Å². The average molecular weight is 492 g/mol. The molecule has 0 amide bonds. The van der Waals surface area contributed by atoms with Crippen molar-refractivity contribution >= 4 is 5.97 Å². The van der Waals surface area contributed by atoms with Crippen LogP contribution >= 0.6 is 0 Å². The van der Waals surface area contributed by atoms with Crippen molar-refractivity contribution in [3.8, 4) is 23.0 Å². The first kappa shape index (κ1) is 25.4. The molecule has 0 bridgehead atoms. The van der Waals surface area contributed by atoms with Gasteiger partial charge in [-0.1, -0.05) is 42.5 Å². The molecule has 4 rings (SSSR count). The minimum Gasteiger partial charge on any atom is -0.493 e. The molecule has 1 fully saturated rings. The Bertz CT molecular complexity index is 1170. The summed E-state index contributed by atoms with van der Waals surface area (Å²) in [5, 5.41) is 9.94. The second kappa shape index (κ2) is 11.8. The van der Waals surface area contributed by atoms with E-state index >= 15 is 0 Å². The summed E-state index contributed by atoms with van der Waals surface area (Å²) in [5.41, 5.74) is 2.90. The lowest BCUT2D eigenvalue weighted by molar-refractivity contribution is -0.142. The summed E-state index contributed by atoms with van der Waals surface area (Å²) < 4.78 is 23.0. The van der Waals surface area contributed by atoms with Crippen molar-refractivity contribution in [2.75, 3.05) is 27.4 Å². The van der Waals surface area contributed by atoms with E-state index < -0.39 is 12.0 Å². The third-order valence-corrected chi connectivity index (χ3v) is 6.45. The summed E-state index contributed by atoms with van der Waals surface area (Å²) in [5.74, 6) is 1.68. The van der Waals surface area contributed by atoms with Crippen LogP contribution in [-0.2, 0) is 11.4 Å². The lowest BCUT2D eigenvalue weighted by Gasteiger charge is -2.32. The fourth-order valence-electron chi connectivity index (χ4n) is 4.78. The molecule has 0 saturated carbocycles. The van der Waals surface area contributed by atoms with Crippen molar-refractivity contribution in [2.45, 2.75) is 38.5 Å². The Kier molecular flexibility index (Phi) is 8.33. The summed E-state index contributed by atoms with van der Waals surface area (Å²) in [4.78, 5) is 14.2. The molecule has 2 atom stereocenters. The van der Waals surface area contributed by atoms with Gasteiger partial charge >= 0.3 is 5.97 Å². The first-order valence-electron chi connectivity index (χ1n) is 12.2. The number of hydrogen-bond acceptors (Lipinski definition) is 6. The maximum Gasteiger partial charge on any atom is 0.320 e. The Hall–Kier alpha value is -3.71. The van der Waals surface area contributed by atoms with Gasteiger partial charge < -0.3 is 24.1 Å². The summed E-state index contributed by atoms with van der Waals surface area (Å²) in [6.45, 7) is 3.51. The van der Waals surface area contributed by atoms with Gasteiger partial charge in [0, 0.05) is 6.54 Å². The zero-order valence-corrected chi connectivity index (χ0v) is 21.0. The number of ether oxygens (including phenoxy) is 4. The number of methoxy groups -OCH3 is 2. The van der Waals surface area contributed by atoms with Crippen LogP contribution in [0.2, 0.25) is 0 Å². The SMILES string of the molecule is CCOc1cc(C(c2ccc(OC)c(OC)c2)N2CCCC2C(=O)O)ccc1OCc1ccccc1. The molecule has 0 radical (unpaired) electrons. The number of aliphatic carboxylic acids is 1. The van der Waals surface area contributed by atoms with E-state index in [0.29, 0.717) is 49.2 Å².